The first-order valence-corrected chi connectivity index (χ1v) is 9.43. The number of rotatable bonds is 7. The van der Waals surface area contributed by atoms with Gasteiger partial charge in [0.2, 0.25) is 5.13 Å². The Labute approximate surface area is 162 Å². The Balaban J connectivity index is 1.81. The topological polar surface area (TPSA) is 55.3 Å². The maximum atomic E-state index is 12.7. The van der Waals surface area contributed by atoms with Crippen LogP contribution in [0.25, 0.3) is 16.6 Å². The van der Waals surface area contributed by atoms with E-state index in [-0.39, 0.29) is 5.91 Å². The normalized spacial score (nSPS) is 11.0. The number of aromatic nitrogens is 2. The van der Waals surface area contributed by atoms with Gasteiger partial charge in [-0.2, -0.15) is 0 Å². The molecule has 3 aromatic rings. The number of ether oxygens (including phenoxy) is 1. The van der Waals surface area contributed by atoms with E-state index in [1.54, 1.807) is 24.2 Å². The van der Waals surface area contributed by atoms with Gasteiger partial charge >= 0.3 is 0 Å². The molecule has 0 aliphatic heterocycles. The fraction of sp³-hybridized carbons (Fsp3) is 0.190. The molecular weight excluding hydrogens is 358 g/mol. The zero-order valence-corrected chi connectivity index (χ0v) is 16.1. The molecule has 0 saturated carbocycles. The van der Waals surface area contributed by atoms with Gasteiger partial charge in [0.25, 0.3) is 5.91 Å². The van der Waals surface area contributed by atoms with Gasteiger partial charge in [-0.05, 0) is 18.6 Å². The van der Waals surface area contributed by atoms with E-state index in [1.165, 1.54) is 16.9 Å². The van der Waals surface area contributed by atoms with Gasteiger partial charge in [-0.3, -0.25) is 9.69 Å². The van der Waals surface area contributed by atoms with Crippen LogP contribution in [0.1, 0.15) is 11.1 Å². The van der Waals surface area contributed by atoms with Crippen molar-refractivity contribution >= 4 is 28.5 Å². The minimum atomic E-state index is -0.150. The fourth-order valence-corrected chi connectivity index (χ4v) is 3.32. The van der Waals surface area contributed by atoms with Crippen LogP contribution in [0.5, 0.6) is 0 Å². The number of benzene rings is 2. The molecule has 0 saturated heterocycles. The van der Waals surface area contributed by atoms with E-state index in [9.17, 15) is 4.79 Å². The van der Waals surface area contributed by atoms with E-state index in [0.29, 0.717) is 18.3 Å². The van der Waals surface area contributed by atoms with Crippen molar-refractivity contribution in [3.8, 4) is 10.6 Å². The minimum absolute atomic E-state index is 0.150. The number of methoxy groups -OCH3 is 1. The van der Waals surface area contributed by atoms with Gasteiger partial charge in [0.1, 0.15) is 5.01 Å². The summed E-state index contributed by atoms with van der Waals surface area (Å²) < 4.78 is 5.15. The number of anilines is 1. The molecule has 1 heterocycles. The quantitative estimate of drug-likeness (QED) is 0.577. The lowest BCUT2D eigenvalue weighted by Crippen LogP contribution is -2.32. The van der Waals surface area contributed by atoms with Crippen LogP contribution in [0.2, 0.25) is 0 Å². The molecule has 0 aliphatic carbocycles. The van der Waals surface area contributed by atoms with E-state index in [4.69, 9.17) is 4.74 Å². The number of hydrogen-bond acceptors (Lipinski definition) is 5. The molecule has 5 nitrogen and oxygen atoms in total. The van der Waals surface area contributed by atoms with Crippen LogP contribution in [-0.2, 0) is 9.53 Å². The first-order valence-electron chi connectivity index (χ1n) is 8.61. The van der Waals surface area contributed by atoms with Crippen molar-refractivity contribution in [3.05, 3.63) is 71.8 Å². The van der Waals surface area contributed by atoms with Gasteiger partial charge in [-0.15, -0.1) is 10.2 Å². The van der Waals surface area contributed by atoms with Crippen LogP contribution < -0.4 is 4.90 Å². The largest absolute Gasteiger partial charge is 0.383 e. The molecule has 1 amide bonds. The summed E-state index contributed by atoms with van der Waals surface area (Å²) >= 11 is 1.39. The molecule has 0 bridgehead atoms. The fourth-order valence-electron chi connectivity index (χ4n) is 2.44. The summed E-state index contributed by atoms with van der Waals surface area (Å²) in [5.41, 5.74) is 3.14. The third kappa shape index (κ3) is 5.09. The van der Waals surface area contributed by atoms with Crippen LogP contribution in [0.15, 0.2) is 60.7 Å². The standard InChI is InChI=1S/C21H21N3O2S/c1-16-8-11-18(12-9-16)20-22-23-21(27-20)24(14-15-26-2)19(25)13-10-17-6-4-3-5-7-17/h3-13H,14-15H2,1-2H3/b13-10+. The molecule has 0 unspecified atom stereocenters. The average molecular weight is 379 g/mol. The SMILES string of the molecule is COCCN(C(=O)/C=C/c1ccccc1)c1nnc(-c2ccc(C)cc2)s1. The smallest absolute Gasteiger partial charge is 0.252 e. The summed E-state index contributed by atoms with van der Waals surface area (Å²) in [5, 5.41) is 9.83. The molecule has 3 rings (SSSR count). The van der Waals surface area contributed by atoms with Crippen molar-refractivity contribution in [1.82, 2.24) is 10.2 Å². The molecule has 27 heavy (non-hydrogen) atoms. The van der Waals surface area contributed by atoms with Crippen LogP contribution >= 0.6 is 11.3 Å². The highest BCUT2D eigenvalue weighted by atomic mass is 32.1. The first kappa shape index (κ1) is 18.9. The van der Waals surface area contributed by atoms with Gasteiger partial charge in [-0.25, -0.2) is 0 Å². The Morgan fingerprint density at radius 2 is 1.85 bits per heavy atom. The van der Waals surface area contributed by atoms with Crippen molar-refractivity contribution in [2.45, 2.75) is 6.92 Å². The van der Waals surface area contributed by atoms with E-state index >= 15 is 0 Å². The second-order valence-corrected chi connectivity index (χ2v) is 6.94. The maximum absolute atomic E-state index is 12.7. The molecule has 138 valence electrons. The Bertz CT molecular complexity index is 905. The summed E-state index contributed by atoms with van der Waals surface area (Å²) in [4.78, 5) is 14.3. The number of carbonyl (C=O) groups excluding carboxylic acids is 1. The van der Waals surface area contributed by atoms with Crippen LogP contribution in [0.4, 0.5) is 5.13 Å². The molecule has 2 aromatic carbocycles. The predicted octanol–water partition coefficient (Wildman–Crippen LogP) is 4.21. The van der Waals surface area contributed by atoms with Gasteiger partial charge in [-0.1, -0.05) is 71.5 Å². The lowest BCUT2D eigenvalue weighted by Gasteiger charge is -2.16. The summed E-state index contributed by atoms with van der Waals surface area (Å²) in [6.45, 7) is 2.88. The molecule has 0 radical (unpaired) electrons. The van der Waals surface area contributed by atoms with Crippen molar-refractivity contribution in [2.75, 3.05) is 25.2 Å². The molecular formula is C21H21N3O2S. The molecule has 0 N–H and O–H groups in total. The van der Waals surface area contributed by atoms with E-state index in [1.807, 2.05) is 61.5 Å². The Kier molecular flexibility index (Phi) is 6.46. The predicted molar refractivity (Wildman–Crippen MR) is 110 cm³/mol. The average Bonchev–Trinajstić information content (AvgIpc) is 3.18. The molecule has 6 heteroatoms. The van der Waals surface area contributed by atoms with E-state index in [0.717, 1.165) is 16.1 Å². The Morgan fingerprint density at radius 3 is 2.56 bits per heavy atom. The number of amides is 1. The van der Waals surface area contributed by atoms with Crippen LogP contribution in [0, 0.1) is 6.92 Å². The van der Waals surface area contributed by atoms with Gasteiger partial charge < -0.3 is 4.74 Å². The van der Waals surface area contributed by atoms with E-state index < -0.39 is 0 Å². The number of aryl methyl sites for hydroxylation is 1. The molecule has 0 atom stereocenters. The second kappa shape index (κ2) is 9.21. The van der Waals surface area contributed by atoms with Crippen molar-refractivity contribution in [1.29, 1.82) is 0 Å². The van der Waals surface area contributed by atoms with Gasteiger partial charge in [0, 0.05) is 18.7 Å². The number of nitrogens with zero attached hydrogens (tertiary/aromatic N) is 3. The van der Waals surface area contributed by atoms with Gasteiger partial charge in [0.15, 0.2) is 0 Å². The monoisotopic (exact) mass is 379 g/mol. The lowest BCUT2D eigenvalue weighted by atomic mass is 10.2. The van der Waals surface area contributed by atoms with Crippen LogP contribution in [-0.4, -0.2) is 36.4 Å². The number of hydrogen-bond donors (Lipinski definition) is 0. The Morgan fingerprint density at radius 1 is 1.11 bits per heavy atom. The second-order valence-electron chi connectivity index (χ2n) is 5.98. The van der Waals surface area contributed by atoms with Crippen molar-refractivity contribution in [2.24, 2.45) is 0 Å². The van der Waals surface area contributed by atoms with Crippen molar-refractivity contribution < 1.29 is 9.53 Å². The lowest BCUT2D eigenvalue weighted by molar-refractivity contribution is -0.114. The summed E-state index contributed by atoms with van der Waals surface area (Å²) in [5.74, 6) is -0.150. The van der Waals surface area contributed by atoms with Crippen LogP contribution in [0.3, 0.4) is 0 Å². The zero-order valence-electron chi connectivity index (χ0n) is 15.3. The van der Waals surface area contributed by atoms with Crippen molar-refractivity contribution in [3.63, 3.8) is 0 Å². The maximum Gasteiger partial charge on any atom is 0.252 e. The highest BCUT2D eigenvalue weighted by Crippen LogP contribution is 2.29. The number of carbonyl (C=O) groups is 1. The summed E-state index contributed by atoms with van der Waals surface area (Å²) in [6, 6.07) is 17.8. The summed E-state index contributed by atoms with van der Waals surface area (Å²) in [7, 11) is 1.61. The highest BCUT2D eigenvalue weighted by molar-refractivity contribution is 7.18. The molecule has 0 fully saturated rings. The third-order valence-electron chi connectivity index (χ3n) is 3.95. The minimum Gasteiger partial charge on any atom is -0.383 e. The molecule has 1 aromatic heterocycles. The highest BCUT2D eigenvalue weighted by Gasteiger charge is 2.18. The molecule has 0 aliphatic rings. The van der Waals surface area contributed by atoms with Gasteiger partial charge in [0.05, 0.1) is 13.2 Å². The zero-order chi connectivity index (χ0) is 19.1. The van der Waals surface area contributed by atoms with E-state index in [2.05, 4.69) is 10.2 Å². The Hall–Kier alpha value is -2.83. The first-order chi connectivity index (χ1) is 13.2. The third-order valence-corrected chi connectivity index (χ3v) is 4.94. The summed E-state index contributed by atoms with van der Waals surface area (Å²) in [6.07, 6.45) is 3.35. The molecule has 0 spiro atoms.